The number of carbonyl (C=O) groups is 1. The van der Waals surface area contributed by atoms with Gasteiger partial charge in [0, 0.05) is 12.4 Å². The van der Waals surface area contributed by atoms with Crippen molar-refractivity contribution in [1.82, 2.24) is 10.2 Å². The van der Waals surface area contributed by atoms with E-state index >= 15 is 0 Å². The number of hydrogen-bond donors (Lipinski definition) is 2. The van der Waals surface area contributed by atoms with E-state index in [9.17, 15) is 4.79 Å². The highest BCUT2D eigenvalue weighted by atomic mass is 16.1. The molecule has 1 aliphatic carbocycles. The number of H-pyrrole nitrogens is 1. The van der Waals surface area contributed by atoms with E-state index in [0.717, 1.165) is 18.4 Å². The quantitative estimate of drug-likeness (QED) is 0.779. The number of aryl methyl sites for hydroxylation is 1. The highest BCUT2D eigenvalue weighted by Crippen LogP contribution is 2.32. The van der Waals surface area contributed by atoms with Crippen LogP contribution in [0.1, 0.15) is 23.5 Å². The van der Waals surface area contributed by atoms with Crippen LogP contribution in [0.4, 0.5) is 0 Å². The van der Waals surface area contributed by atoms with E-state index in [2.05, 4.69) is 16.3 Å². The van der Waals surface area contributed by atoms with Crippen LogP contribution in [0.5, 0.6) is 0 Å². The van der Waals surface area contributed by atoms with Crippen LogP contribution in [0, 0.1) is 0 Å². The monoisotopic (exact) mass is 229 g/mol. The number of fused-ring (bicyclic) bond motifs is 1. The molecule has 0 saturated carbocycles. The largest absolute Gasteiger partial charge is 0.369 e. The van der Waals surface area contributed by atoms with Crippen LogP contribution in [0.15, 0.2) is 42.7 Å². The van der Waals surface area contributed by atoms with Crippen LogP contribution in [0.3, 0.4) is 0 Å². The van der Waals surface area contributed by atoms with Gasteiger partial charge in [0.2, 0.25) is 5.91 Å². The number of amides is 1. The summed E-state index contributed by atoms with van der Waals surface area (Å²) < 4.78 is 0. The van der Waals surface area contributed by atoms with Gasteiger partial charge in [0.05, 0.1) is 5.92 Å². The van der Waals surface area contributed by atoms with Crippen molar-refractivity contribution < 1.29 is 4.79 Å². The third-order valence-electron chi connectivity index (χ3n) is 2.88. The second kappa shape index (κ2) is 5.30. The lowest BCUT2D eigenvalue weighted by atomic mass is 10.0. The molecular weight excluding hydrogens is 214 g/mol. The van der Waals surface area contributed by atoms with Crippen molar-refractivity contribution in [2.24, 2.45) is 5.73 Å². The average molecular weight is 229 g/mol. The van der Waals surface area contributed by atoms with Crippen molar-refractivity contribution in [2.75, 3.05) is 0 Å². The number of aromatic nitrogens is 2. The van der Waals surface area contributed by atoms with Gasteiger partial charge in [-0.2, -0.15) is 5.10 Å². The third kappa shape index (κ3) is 2.72. The first-order chi connectivity index (χ1) is 8.29. The zero-order chi connectivity index (χ0) is 12.1. The smallest absolute Gasteiger partial charge is 0.224 e. The number of hydrogen-bond acceptors (Lipinski definition) is 2. The van der Waals surface area contributed by atoms with Crippen LogP contribution in [0.2, 0.25) is 0 Å². The van der Waals surface area contributed by atoms with Crippen LogP contribution >= 0.6 is 0 Å². The molecule has 3 N–H and O–H groups in total. The summed E-state index contributed by atoms with van der Waals surface area (Å²) in [5, 5.41) is 6.21. The molecule has 88 valence electrons. The summed E-state index contributed by atoms with van der Waals surface area (Å²) in [5.41, 5.74) is 7.68. The Morgan fingerprint density at radius 1 is 1.35 bits per heavy atom. The van der Waals surface area contributed by atoms with Gasteiger partial charge in [-0.3, -0.25) is 9.89 Å². The van der Waals surface area contributed by atoms with E-state index in [1.807, 2.05) is 24.3 Å². The lowest BCUT2D eigenvalue weighted by Gasteiger charge is -2.05. The second-order valence-corrected chi connectivity index (χ2v) is 3.96. The topological polar surface area (TPSA) is 71.8 Å². The SMILES string of the molecule is NC(=O)C1CCc2ccccc21.c1cn[nH]c1. The van der Waals surface area contributed by atoms with Crippen LogP contribution in [-0.4, -0.2) is 16.1 Å². The molecule has 0 spiro atoms. The average Bonchev–Trinajstić information content (AvgIpc) is 3.02. The molecule has 4 heteroatoms. The number of nitrogens with one attached hydrogen (secondary N) is 1. The third-order valence-corrected chi connectivity index (χ3v) is 2.88. The van der Waals surface area contributed by atoms with Crippen molar-refractivity contribution in [2.45, 2.75) is 18.8 Å². The standard InChI is InChI=1S/C10H11NO.C3H4N2/c11-10(12)9-6-5-7-3-1-2-4-8(7)9;1-2-4-5-3-1/h1-4,9H,5-6H2,(H2,11,12);1-3H,(H,4,5). The van der Waals surface area contributed by atoms with Crippen molar-refractivity contribution in [1.29, 1.82) is 0 Å². The molecule has 1 atom stereocenters. The van der Waals surface area contributed by atoms with Crippen LogP contribution in [0.25, 0.3) is 0 Å². The predicted molar refractivity (Wildman–Crippen MR) is 65.3 cm³/mol. The van der Waals surface area contributed by atoms with Crippen molar-refractivity contribution in [3.8, 4) is 0 Å². The molecule has 1 amide bonds. The fourth-order valence-corrected chi connectivity index (χ4v) is 2.07. The molecule has 0 fully saturated rings. The fraction of sp³-hybridized carbons (Fsp3) is 0.231. The molecule has 4 nitrogen and oxygen atoms in total. The first-order valence-corrected chi connectivity index (χ1v) is 5.60. The van der Waals surface area contributed by atoms with Gasteiger partial charge in [0.1, 0.15) is 0 Å². The number of rotatable bonds is 1. The molecule has 3 rings (SSSR count). The maximum absolute atomic E-state index is 11.0. The van der Waals surface area contributed by atoms with E-state index in [1.54, 1.807) is 12.4 Å². The summed E-state index contributed by atoms with van der Waals surface area (Å²) in [6.07, 6.45) is 5.33. The van der Waals surface area contributed by atoms with E-state index in [-0.39, 0.29) is 11.8 Å². The number of carbonyl (C=O) groups excluding carboxylic acids is 1. The normalized spacial score (nSPS) is 16.8. The zero-order valence-electron chi connectivity index (χ0n) is 9.47. The Hall–Kier alpha value is -2.10. The summed E-state index contributed by atoms with van der Waals surface area (Å²) in [7, 11) is 0. The van der Waals surface area contributed by atoms with Gasteiger partial charge in [-0.05, 0) is 30.0 Å². The highest BCUT2D eigenvalue weighted by Gasteiger charge is 2.25. The van der Waals surface area contributed by atoms with Crippen molar-refractivity contribution in [3.05, 3.63) is 53.9 Å². The Labute approximate surface area is 99.8 Å². The summed E-state index contributed by atoms with van der Waals surface area (Å²) >= 11 is 0. The van der Waals surface area contributed by atoms with E-state index in [4.69, 9.17) is 5.73 Å². The molecule has 2 aromatic rings. The van der Waals surface area contributed by atoms with Gasteiger partial charge < -0.3 is 5.73 Å². The van der Waals surface area contributed by atoms with Crippen LogP contribution in [-0.2, 0) is 11.2 Å². The van der Waals surface area contributed by atoms with Gasteiger partial charge >= 0.3 is 0 Å². The number of nitrogens with two attached hydrogens (primary N) is 1. The minimum absolute atomic E-state index is 0.0406. The predicted octanol–water partition coefficient (Wildman–Crippen LogP) is 1.61. The van der Waals surface area contributed by atoms with Gasteiger partial charge in [-0.25, -0.2) is 0 Å². The number of aromatic amines is 1. The molecule has 0 bridgehead atoms. The lowest BCUT2D eigenvalue weighted by molar-refractivity contribution is -0.119. The molecule has 1 aromatic carbocycles. The van der Waals surface area contributed by atoms with Gasteiger partial charge in [-0.1, -0.05) is 24.3 Å². The first kappa shape index (κ1) is 11.4. The van der Waals surface area contributed by atoms with E-state index in [0.29, 0.717) is 0 Å². The molecule has 1 aliphatic rings. The van der Waals surface area contributed by atoms with E-state index in [1.165, 1.54) is 5.56 Å². The Morgan fingerprint density at radius 3 is 2.76 bits per heavy atom. The lowest BCUT2D eigenvalue weighted by Crippen LogP contribution is -2.19. The maximum Gasteiger partial charge on any atom is 0.224 e. The van der Waals surface area contributed by atoms with Crippen molar-refractivity contribution >= 4 is 5.91 Å². The first-order valence-electron chi connectivity index (χ1n) is 5.60. The Kier molecular flexibility index (Phi) is 3.55. The molecule has 1 heterocycles. The Morgan fingerprint density at radius 2 is 2.18 bits per heavy atom. The molecule has 0 radical (unpaired) electrons. The fourth-order valence-electron chi connectivity index (χ4n) is 2.07. The van der Waals surface area contributed by atoms with Gasteiger partial charge in [0.15, 0.2) is 0 Å². The van der Waals surface area contributed by atoms with Crippen molar-refractivity contribution in [3.63, 3.8) is 0 Å². The molecule has 17 heavy (non-hydrogen) atoms. The van der Waals surface area contributed by atoms with E-state index < -0.39 is 0 Å². The highest BCUT2D eigenvalue weighted by molar-refractivity contribution is 5.83. The Balaban J connectivity index is 0.000000181. The molecule has 0 aliphatic heterocycles. The number of primary amides is 1. The zero-order valence-corrected chi connectivity index (χ0v) is 9.47. The number of benzene rings is 1. The number of nitrogens with zero attached hydrogens (tertiary/aromatic N) is 1. The summed E-state index contributed by atoms with van der Waals surface area (Å²) in [5.74, 6) is -0.235. The van der Waals surface area contributed by atoms with Gasteiger partial charge in [0.25, 0.3) is 0 Å². The summed E-state index contributed by atoms with van der Waals surface area (Å²) in [6, 6.07) is 9.86. The maximum atomic E-state index is 11.0. The molecule has 1 unspecified atom stereocenters. The minimum atomic E-state index is -0.194. The molecular formula is C13H15N3O. The minimum Gasteiger partial charge on any atom is -0.369 e. The Bertz CT molecular complexity index is 462. The summed E-state index contributed by atoms with van der Waals surface area (Å²) in [6.45, 7) is 0. The second-order valence-electron chi connectivity index (χ2n) is 3.96. The summed E-state index contributed by atoms with van der Waals surface area (Å²) in [4.78, 5) is 11.0. The molecule has 0 saturated heterocycles. The van der Waals surface area contributed by atoms with Crippen LogP contribution < -0.4 is 5.73 Å². The molecule has 1 aromatic heterocycles. The van der Waals surface area contributed by atoms with Gasteiger partial charge in [-0.15, -0.1) is 0 Å².